The molecule has 0 heterocycles. The number of carboxylic acid groups (broad SMARTS) is 1. The molecule has 0 saturated heterocycles. The highest BCUT2D eigenvalue weighted by Gasteiger charge is 2.37. The van der Waals surface area contributed by atoms with E-state index in [2.05, 4.69) is 27.7 Å². The lowest BCUT2D eigenvalue weighted by atomic mass is 9.62. The summed E-state index contributed by atoms with van der Waals surface area (Å²) in [6, 6.07) is 13.6. The minimum absolute atomic E-state index is 0.184. The zero-order chi connectivity index (χ0) is 19.8. The number of carbonyl (C=O) groups is 1. The summed E-state index contributed by atoms with van der Waals surface area (Å²) in [6.45, 7) is 9.18. The van der Waals surface area contributed by atoms with Gasteiger partial charge in [0, 0.05) is 0 Å². The monoisotopic (exact) mass is 366 g/mol. The molecule has 3 rings (SSSR count). The number of allylic oxidation sites excluding steroid dienone is 1. The Balaban J connectivity index is 2.18. The van der Waals surface area contributed by atoms with E-state index in [0.717, 1.165) is 36.0 Å². The van der Waals surface area contributed by atoms with E-state index in [1.165, 1.54) is 17.7 Å². The SMILES string of the molecule is CC1(C)CC(=C(c2ccc(F)cc2)c2ccc(C(=O)O)cc2)CC(C)(C)C1. The Labute approximate surface area is 160 Å². The molecule has 142 valence electrons. The number of carboxylic acids is 1. The van der Waals surface area contributed by atoms with Gasteiger partial charge in [0.05, 0.1) is 5.56 Å². The van der Waals surface area contributed by atoms with Gasteiger partial charge < -0.3 is 5.11 Å². The first kappa shape index (κ1) is 19.3. The van der Waals surface area contributed by atoms with Gasteiger partial charge in [-0.1, -0.05) is 57.5 Å². The second kappa shape index (κ2) is 6.95. The van der Waals surface area contributed by atoms with Crippen molar-refractivity contribution in [2.45, 2.75) is 47.0 Å². The summed E-state index contributed by atoms with van der Waals surface area (Å²) in [5.41, 5.74) is 5.05. The van der Waals surface area contributed by atoms with Crippen LogP contribution in [-0.2, 0) is 0 Å². The van der Waals surface area contributed by atoms with E-state index in [9.17, 15) is 14.3 Å². The van der Waals surface area contributed by atoms with Crippen molar-refractivity contribution in [3.05, 3.63) is 76.6 Å². The lowest BCUT2D eigenvalue weighted by molar-refractivity contribution is 0.0697. The van der Waals surface area contributed by atoms with Crippen LogP contribution in [0.4, 0.5) is 4.39 Å². The fourth-order valence-electron chi connectivity index (χ4n) is 4.79. The van der Waals surface area contributed by atoms with Crippen molar-refractivity contribution in [2.75, 3.05) is 0 Å². The van der Waals surface area contributed by atoms with E-state index in [4.69, 9.17) is 0 Å². The minimum atomic E-state index is -0.933. The van der Waals surface area contributed by atoms with E-state index in [-0.39, 0.29) is 22.2 Å². The summed E-state index contributed by atoms with van der Waals surface area (Å²) in [7, 11) is 0. The molecular formula is C24H27FO2. The molecule has 0 spiro atoms. The number of benzene rings is 2. The second-order valence-corrected chi connectivity index (χ2v) is 9.23. The third kappa shape index (κ3) is 4.47. The van der Waals surface area contributed by atoms with Crippen molar-refractivity contribution in [1.82, 2.24) is 0 Å². The molecule has 0 unspecified atom stereocenters. The Morgan fingerprint density at radius 1 is 0.815 bits per heavy atom. The Bertz CT molecular complexity index is 854. The molecule has 0 radical (unpaired) electrons. The van der Waals surface area contributed by atoms with Gasteiger partial charge in [-0.05, 0) is 71.1 Å². The molecule has 0 amide bonds. The number of rotatable bonds is 3. The third-order valence-corrected chi connectivity index (χ3v) is 5.25. The van der Waals surface area contributed by atoms with Crippen LogP contribution in [-0.4, -0.2) is 11.1 Å². The lowest BCUT2D eigenvalue weighted by Crippen LogP contribution is -2.30. The summed E-state index contributed by atoms with van der Waals surface area (Å²) in [4.78, 5) is 11.2. The topological polar surface area (TPSA) is 37.3 Å². The average molecular weight is 366 g/mol. The Kier molecular flexibility index (Phi) is 4.98. The van der Waals surface area contributed by atoms with Gasteiger partial charge in [-0.15, -0.1) is 0 Å². The first-order chi connectivity index (χ1) is 12.6. The van der Waals surface area contributed by atoms with E-state index in [0.29, 0.717) is 0 Å². The molecule has 1 aliphatic rings. The maximum Gasteiger partial charge on any atom is 0.335 e. The highest BCUT2D eigenvalue weighted by Crippen LogP contribution is 2.50. The number of halogens is 1. The molecule has 27 heavy (non-hydrogen) atoms. The van der Waals surface area contributed by atoms with Gasteiger partial charge in [0.25, 0.3) is 0 Å². The normalized spacial score (nSPS) is 18.2. The summed E-state index contributed by atoms with van der Waals surface area (Å²) < 4.78 is 13.5. The fraction of sp³-hybridized carbons (Fsp3) is 0.375. The van der Waals surface area contributed by atoms with Crippen molar-refractivity contribution in [3.8, 4) is 0 Å². The molecule has 0 aromatic heterocycles. The molecular weight excluding hydrogens is 339 g/mol. The average Bonchev–Trinajstić information content (AvgIpc) is 2.54. The number of hydrogen-bond donors (Lipinski definition) is 1. The predicted molar refractivity (Wildman–Crippen MR) is 107 cm³/mol. The Morgan fingerprint density at radius 2 is 1.22 bits per heavy atom. The van der Waals surface area contributed by atoms with Gasteiger partial charge in [0.2, 0.25) is 0 Å². The Hall–Kier alpha value is -2.42. The van der Waals surface area contributed by atoms with Gasteiger partial charge >= 0.3 is 5.97 Å². The van der Waals surface area contributed by atoms with Crippen molar-refractivity contribution in [3.63, 3.8) is 0 Å². The maximum absolute atomic E-state index is 13.5. The molecule has 3 heteroatoms. The summed E-state index contributed by atoms with van der Waals surface area (Å²) in [5, 5.41) is 9.19. The minimum Gasteiger partial charge on any atom is -0.478 e. The van der Waals surface area contributed by atoms with Gasteiger partial charge in [-0.3, -0.25) is 0 Å². The molecule has 2 aromatic rings. The van der Waals surface area contributed by atoms with Crippen LogP contribution in [0.5, 0.6) is 0 Å². The summed E-state index contributed by atoms with van der Waals surface area (Å²) >= 11 is 0. The zero-order valence-electron chi connectivity index (χ0n) is 16.5. The van der Waals surface area contributed by atoms with Crippen LogP contribution in [0.15, 0.2) is 54.1 Å². The standard InChI is InChI=1S/C24H27FO2/c1-23(2)13-19(14-24(3,4)15-23)21(17-9-11-20(25)12-10-17)16-5-7-18(8-6-16)22(26)27/h5-12H,13-15H2,1-4H3,(H,26,27). The molecule has 0 bridgehead atoms. The van der Waals surface area contributed by atoms with Gasteiger partial charge in [0.15, 0.2) is 0 Å². The molecule has 1 N–H and O–H groups in total. The zero-order valence-corrected chi connectivity index (χ0v) is 16.5. The highest BCUT2D eigenvalue weighted by atomic mass is 19.1. The van der Waals surface area contributed by atoms with Crippen LogP contribution < -0.4 is 0 Å². The second-order valence-electron chi connectivity index (χ2n) is 9.23. The Morgan fingerprint density at radius 3 is 1.67 bits per heavy atom. The molecule has 1 saturated carbocycles. The largest absolute Gasteiger partial charge is 0.478 e. The van der Waals surface area contributed by atoms with Crippen molar-refractivity contribution >= 4 is 11.5 Å². The molecule has 1 fully saturated rings. The van der Waals surface area contributed by atoms with Crippen LogP contribution in [0.2, 0.25) is 0 Å². The lowest BCUT2D eigenvalue weighted by Gasteiger charge is -2.43. The molecule has 2 nitrogen and oxygen atoms in total. The maximum atomic E-state index is 13.5. The van der Waals surface area contributed by atoms with E-state index >= 15 is 0 Å². The van der Waals surface area contributed by atoms with E-state index < -0.39 is 5.97 Å². The third-order valence-electron chi connectivity index (χ3n) is 5.25. The van der Waals surface area contributed by atoms with Crippen LogP contribution >= 0.6 is 0 Å². The van der Waals surface area contributed by atoms with Crippen LogP contribution in [0.1, 0.15) is 68.4 Å². The van der Waals surface area contributed by atoms with Crippen molar-refractivity contribution < 1.29 is 14.3 Å². The first-order valence-electron chi connectivity index (χ1n) is 9.38. The van der Waals surface area contributed by atoms with E-state index in [1.54, 1.807) is 12.1 Å². The number of hydrogen-bond acceptors (Lipinski definition) is 1. The van der Waals surface area contributed by atoms with Crippen molar-refractivity contribution in [1.29, 1.82) is 0 Å². The smallest absolute Gasteiger partial charge is 0.335 e. The van der Waals surface area contributed by atoms with Crippen LogP contribution in [0, 0.1) is 16.6 Å². The number of aromatic carboxylic acids is 1. The highest BCUT2D eigenvalue weighted by molar-refractivity contribution is 5.89. The summed E-state index contributed by atoms with van der Waals surface area (Å²) in [6.07, 6.45) is 3.10. The van der Waals surface area contributed by atoms with Crippen molar-refractivity contribution in [2.24, 2.45) is 10.8 Å². The van der Waals surface area contributed by atoms with Gasteiger partial charge in [-0.25, -0.2) is 9.18 Å². The molecule has 1 aliphatic carbocycles. The predicted octanol–water partition coefficient (Wildman–Crippen LogP) is 6.56. The summed E-state index contributed by atoms with van der Waals surface area (Å²) in [5.74, 6) is -1.19. The fourth-order valence-corrected chi connectivity index (χ4v) is 4.79. The molecule has 0 atom stereocenters. The van der Waals surface area contributed by atoms with Gasteiger partial charge in [0.1, 0.15) is 5.82 Å². The van der Waals surface area contributed by atoms with E-state index in [1.807, 2.05) is 24.3 Å². The quantitative estimate of drug-likeness (QED) is 0.668. The first-order valence-corrected chi connectivity index (χ1v) is 9.38. The molecule has 2 aromatic carbocycles. The van der Waals surface area contributed by atoms with Crippen LogP contribution in [0.25, 0.3) is 5.57 Å². The van der Waals surface area contributed by atoms with Gasteiger partial charge in [-0.2, -0.15) is 0 Å². The molecule has 0 aliphatic heterocycles. The van der Waals surface area contributed by atoms with Crippen LogP contribution in [0.3, 0.4) is 0 Å².